The third kappa shape index (κ3) is 4.68. The molecule has 26 heavy (non-hydrogen) atoms. The number of aliphatic hydroxyl groups excluding tert-OH is 6. The summed E-state index contributed by atoms with van der Waals surface area (Å²) in [4.78, 5) is 11.9. The molecule has 11 heteroatoms. The van der Waals surface area contributed by atoms with Crippen LogP contribution in [-0.2, 0) is 23.7 Å². The van der Waals surface area contributed by atoms with Crippen molar-refractivity contribution in [2.24, 2.45) is 0 Å². The van der Waals surface area contributed by atoms with E-state index >= 15 is 0 Å². The number of rotatable bonds is 6. The molecule has 0 aliphatic carbocycles. The van der Waals surface area contributed by atoms with Crippen LogP contribution in [0.3, 0.4) is 0 Å². The van der Waals surface area contributed by atoms with E-state index in [1.165, 1.54) is 0 Å². The molecule has 2 saturated heterocycles. The van der Waals surface area contributed by atoms with Crippen LogP contribution in [0.2, 0.25) is 0 Å². The Labute approximate surface area is 149 Å². The van der Waals surface area contributed by atoms with Gasteiger partial charge in [0.05, 0.1) is 13.2 Å². The van der Waals surface area contributed by atoms with Crippen LogP contribution in [0.1, 0.15) is 19.8 Å². The maximum atomic E-state index is 11.9. The highest BCUT2D eigenvalue weighted by Gasteiger charge is 2.50. The predicted octanol–water partition coefficient (Wildman–Crippen LogP) is -3.41. The van der Waals surface area contributed by atoms with Gasteiger partial charge in [0, 0.05) is 0 Å². The Balaban J connectivity index is 1.97. The Morgan fingerprint density at radius 2 is 1.73 bits per heavy atom. The van der Waals surface area contributed by atoms with Crippen LogP contribution in [0.15, 0.2) is 0 Å². The quantitative estimate of drug-likeness (QED) is 0.199. The standard InChI is InChI=1S/C15H26O11/c1-2-3-4-23-13(21)11-8(18)9(19)12(14(22)25-11)26-15-10(20)7(17)6(16)5-24-15/h6-12,14-20,22H,2-5H2,1H3/t6-,7+,8+,9+,10-,11+,12-,14-,15+/m1/s1. The van der Waals surface area contributed by atoms with Crippen LogP contribution in [0, 0.1) is 0 Å². The van der Waals surface area contributed by atoms with E-state index < -0.39 is 61.3 Å². The van der Waals surface area contributed by atoms with Crippen LogP contribution in [0.4, 0.5) is 0 Å². The Morgan fingerprint density at radius 1 is 1.04 bits per heavy atom. The van der Waals surface area contributed by atoms with Crippen LogP contribution < -0.4 is 0 Å². The number of carbonyl (C=O) groups is 1. The Hall–Kier alpha value is -0.890. The highest BCUT2D eigenvalue weighted by molar-refractivity contribution is 5.75. The van der Waals surface area contributed by atoms with Gasteiger partial charge in [0.2, 0.25) is 0 Å². The van der Waals surface area contributed by atoms with Crippen LogP contribution in [0.5, 0.6) is 0 Å². The van der Waals surface area contributed by atoms with Crippen molar-refractivity contribution in [2.75, 3.05) is 13.2 Å². The van der Waals surface area contributed by atoms with Crippen molar-refractivity contribution < 1.29 is 54.4 Å². The first-order valence-corrected chi connectivity index (χ1v) is 8.45. The van der Waals surface area contributed by atoms with E-state index in [-0.39, 0.29) is 13.2 Å². The average molecular weight is 382 g/mol. The molecule has 152 valence electrons. The lowest BCUT2D eigenvalue weighted by Gasteiger charge is -2.42. The zero-order valence-electron chi connectivity index (χ0n) is 14.2. The number of carbonyl (C=O) groups excluding carboxylic acids is 1. The second-order valence-electron chi connectivity index (χ2n) is 6.30. The van der Waals surface area contributed by atoms with E-state index in [9.17, 15) is 35.4 Å². The molecule has 2 aliphatic rings. The summed E-state index contributed by atoms with van der Waals surface area (Å²) in [5, 5.41) is 59.1. The van der Waals surface area contributed by atoms with Gasteiger partial charge in [0.1, 0.15) is 36.6 Å². The van der Waals surface area contributed by atoms with Gasteiger partial charge in [-0.3, -0.25) is 0 Å². The number of hydrogen-bond donors (Lipinski definition) is 6. The van der Waals surface area contributed by atoms with Crippen molar-refractivity contribution >= 4 is 5.97 Å². The largest absolute Gasteiger partial charge is 0.464 e. The van der Waals surface area contributed by atoms with E-state index in [4.69, 9.17) is 18.9 Å². The van der Waals surface area contributed by atoms with E-state index in [1.54, 1.807) is 0 Å². The number of unbranched alkanes of at least 4 members (excludes halogenated alkanes) is 1. The lowest BCUT2D eigenvalue weighted by molar-refractivity contribution is -0.346. The van der Waals surface area contributed by atoms with Crippen molar-refractivity contribution in [3.05, 3.63) is 0 Å². The van der Waals surface area contributed by atoms with Gasteiger partial charge >= 0.3 is 5.97 Å². The second kappa shape index (κ2) is 9.35. The molecule has 6 N–H and O–H groups in total. The summed E-state index contributed by atoms with van der Waals surface area (Å²) in [6.07, 6.45) is -13.2. The van der Waals surface area contributed by atoms with E-state index in [1.807, 2.05) is 6.92 Å². The molecule has 2 heterocycles. The summed E-state index contributed by atoms with van der Waals surface area (Å²) in [7, 11) is 0. The summed E-state index contributed by atoms with van der Waals surface area (Å²) < 4.78 is 20.1. The Kier molecular flexibility index (Phi) is 7.70. The van der Waals surface area contributed by atoms with Crippen LogP contribution >= 0.6 is 0 Å². The molecule has 0 unspecified atom stereocenters. The molecule has 0 spiro atoms. The highest BCUT2D eigenvalue weighted by Crippen LogP contribution is 2.27. The molecule has 0 radical (unpaired) electrons. The van der Waals surface area contributed by atoms with Crippen LogP contribution in [-0.4, -0.2) is 105 Å². The topological polar surface area (TPSA) is 175 Å². The fourth-order valence-electron chi connectivity index (χ4n) is 2.65. The van der Waals surface area contributed by atoms with E-state index in [2.05, 4.69) is 0 Å². The molecule has 2 rings (SSSR count). The molecule has 0 bridgehead atoms. The first-order chi connectivity index (χ1) is 12.3. The zero-order valence-corrected chi connectivity index (χ0v) is 14.2. The van der Waals surface area contributed by atoms with Crippen molar-refractivity contribution in [3.8, 4) is 0 Å². The summed E-state index contributed by atoms with van der Waals surface area (Å²) in [5.41, 5.74) is 0. The number of esters is 1. The van der Waals surface area contributed by atoms with Crippen molar-refractivity contribution in [1.29, 1.82) is 0 Å². The molecule has 0 amide bonds. The van der Waals surface area contributed by atoms with Gasteiger partial charge < -0.3 is 49.6 Å². The maximum Gasteiger partial charge on any atom is 0.338 e. The minimum Gasteiger partial charge on any atom is -0.464 e. The molecular formula is C15H26O11. The average Bonchev–Trinajstić information content (AvgIpc) is 2.61. The molecule has 0 aromatic heterocycles. The fourth-order valence-corrected chi connectivity index (χ4v) is 2.65. The van der Waals surface area contributed by atoms with Gasteiger partial charge in [0.15, 0.2) is 18.7 Å². The minimum absolute atomic E-state index is 0.107. The molecule has 0 saturated carbocycles. The predicted molar refractivity (Wildman–Crippen MR) is 81.4 cm³/mol. The van der Waals surface area contributed by atoms with Gasteiger partial charge in [-0.15, -0.1) is 0 Å². The van der Waals surface area contributed by atoms with Gasteiger partial charge in [-0.2, -0.15) is 0 Å². The summed E-state index contributed by atoms with van der Waals surface area (Å²) in [6.45, 7) is 1.65. The third-order valence-electron chi connectivity index (χ3n) is 4.28. The Morgan fingerprint density at radius 3 is 2.38 bits per heavy atom. The number of aliphatic hydroxyl groups is 6. The lowest BCUT2D eigenvalue weighted by atomic mass is 9.98. The third-order valence-corrected chi connectivity index (χ3v) is 4.28. The monoisotopic (exact) mass is 382 g/mol. The molecule has 2 fully saturated rings. The maximum absolute atomic E-state index is 11.9. The van der Waals surface area contributed by atoms with Crippen molar-refractivity contribution in [2.45, 2.75) is 75.1 Å². The molecule has 9 atom stereocenters. The number of ether oxygens (including phenoxy) is 4. The van der Waals surface area contributed by atoms with Crippen molar-refractivity contribution in [3.63, 3.8) is 0 Å². The molecule has 0 aromatic rings. The fraction of sp³-hybridized carbons (Fsp3) is 0.933. The van der Waals surface area contributed by atoms with Crippen LogP contribution in [0.25, 0.3) is 0 Å². The van der Waals surface area contributed by atoms with Gasteiger partial charge in [-0.25, -0.2) is 4.79 Å². The van der Waals surface area contributed by atoms with Crippen molar-refractivity contribution in [1.82, 2.24) is 0 Å². The molecule has 11 nitrogen and oxygen atoms in total. The second-order valence-corrected chi connectivity index (χ2v) is 6.30. The molecule has 0 aromatic carbocycles. The highest BCUT2D eigenvalue weighted by atomic mass is 16.7. The number of hydrogen-bond acceptors (Lipinski definition) is 11. The SMILES string of the molecule is CCCCOC(=O)[C@H]1O[C@@H](O)[C@H](O[C@@H]2OC[C@@H](O)[C@H](O)[C@H]2O)[C@@H](O)[C@@H]1O. The summed E-state index contributed by atoms with van der Waals surface area (Å²) in [5.74, 6) is -0.935. The summed E-state index contributed by atoms with van der Waals surface area (Å²) in [6, 6.07) is 0. The first-order valence-electron chi connectivity index (χ1n) is 8.45. The first kappa shape index (κ1) is 21.4. The summed E-state index contributed by atoms with van der Waals surface area (Å²) >= 11 is 0. The van der Waals surface area contributed by atoms with Gasteiger partial charge in [0.25, 0.3) is 0 Å². The Bertz CT molecular complexity index is 461. The lowest BCUT2D eigenvalue weighted by Crippen LogP contribution is -2.63. The van der Waals surface area contributed by atoms with Gasteiger partial charge in [-0.1, -0.05) is 13.3 Å². The normalized spacial score (nSPS) is 43.9. The smallest absolute Gasteiger partial charge is 0.338 e. The molecule has 2 aliphatic heterocycles. The minimum atomic E-state index is -1.84. The van der Waals surface area contributed by atoms with Gasteiger partial charge in [-0.05, 0) is 6.42 Å². The van der Waals surface area contributed by atoms with E-state index in [0.29, 0.717) is 6.42 Å². The zero-order chi connectivity index (χ0) is 19.4. The van der Waals surface area contributed by atoms with E-state index in [0.717, 1.165) is 6.42 Å². The molecular weight excluding hydrogens is 356 g/mol.